The molecule has 0 bridgehead atoms. The zero-order chi connectivity index (χ0) is 16.0. The summed E-state index contributed by atoms with van der Waals surface area (Å²) in [6.45, 7) is 6.31. The highest BCUT2D eigenvalue weighted by molar-refractivity contribution is 5.97. The van der Waals surface area contributed by atoms with Crippen LogP contribution >= 0.6 is 0 Å². The number of aromatic nitrogens is 1. The number of nitrogens with zero attached hydrogens (tertiary/aromatic N) is 1. The average Bonchev–Trinajstić information content (AvgIpc) is 2.75. The van der Waals surface area contributed by atoms with Crippen molar-refractivity contribution in [2.45, 2.75) is 40.2 Å². The van der Waals surface area contributed by atoms with Gasteiger partial charge in [-0.05, 0) is 27.2 Å². The lowest BCUT2D eigenvalue weighted by Crippen LogP contribution is -2.44. The molecule has 1 aromatic rings. The largest absolute Gasteiger partial charge is 0.452 e. The molecule has 8 heteroatoms. The Balaban J connectivity index is 2.43. The summed E-state index contributed by atoms with van der Waals surface area (Å²) in [7, 11) is 0. The van der Waals surface area contributed by atoms with Crippen molar-refractivity contribution < 1.29 is 23.6 Å². The van der Waals surface area contributed by atoms with Crippen LogP contribution in [0.5, 0.6) is 0 Å². The molecule has 0 spiro atoms. The molecular weight excluding hydrogens is 278 g/mol. The number of carbonyl (C=O) groups is 3. The number of carbonyl (C=O) groups excluding carboxylic acids is 3. The molecule has 0 radical (unpaired) electrons. The van der Waals surface area contributed by atoms with Crippen LogP contribution in [0.3, 0.4) is 0 Å². The molecule has 0 aromatic carbocycles. The minimum absolute atomic E-state index is 0.0531. The van der Waals surface area contributed by atoms with E-state index in [1.54, 1.807) is 13.8 Å². The number of imide groups is 1. The molecule has 1 rings (SSSR count). The summed E-state index contributed by atoms with van der Waals surface area (Å²) in [5, 5.41) is 8.24. The molecule has 2 N–H and O–H groups in total. The first-order valence-electron chi connectivity index (χ1n) is 6.55. The van der Waals surface area contributed by atoms with E-state index >= 15 is 0 Å². The topological polar surface area (TPSA) is 111 Å². The van der Waals surface area contributed by atoms with E-state index in [1.807, 2.05) is 13.8 Å². The molecule has 1 heterocycles. The second kappa shape index (κ2) is 7.41. The number of hydrogen-bond acceptors (Lipinski definition) is 6. The Morgan fingerprint density at radius 1 is 1.33 bits per heavy atom. The van der Waals surface area contributed by atoms with Gasteiger partial charge in [-0.2, -0.15) is 0 Å². The first-order valence-corrected chi connectivity index (χ1v) is 6.55. The Morgan fingerprint density at radius 3 is 2.52 bits per heavy atom. The zero-order valence-corrected chi connectivity index (χ0v) is 12.5. The van der Waals surface area contributed by atoms with Gasteiger partial charge in [0.05, 0.1) is 5.69 Å². The van der Waals surface area contributed by atoms with Crippen molar-refractivity contribution in [2.75, 3.05) is 6.61 Å². The van der Waals surface area contributed by atoms with E-state index in [9.17, 15) is 14.4 Å². The molecule has 8 nitrogen and oxygen atoms in total. The molecule has 21 heavy (non-hydrogen) atoms. The molecule has 0 aliphatic carbocycles. The molecule has 0 aliphatic rings. The Labute approximate surface area is 122 Å². The number of rotatable bonds is 5. The van der Waals surface area contributed by atoms with Crippen LogP contribution in [-0.2, 0) is 9.53 Å². The average molecular weight is 297 g/mol. The number of ether oxygens (including phenoxy) is 1. The third-order valence-electron chi connectivity index (χ3n) is 2.81. The molecule has 0 fully saturated rings. The summed E-state index contributed by atoms with van der Waals surface area (Å²) < 4.78 is 9.64. The highest BCUT2D eigenvalue weighted by Gasteiger charge is 2.20. The first kappa shape index (κ1) is 16.7. The quantitative estimate of drug-likeness (QED) is 0.787. The van der Waals surface area contributed by atoms with Crippen LogP contribution in [0.2, 0.25) is 0 Å². The Kier molecular flexibility index (Phi) is 5.89. The Bertz CT molecular complexity index is 518. The van der Waals surface area contributed by atoms with E-state index in [0.717, 1.165) is 6.42 Å². The van der Waals surface area contributed by atoms with Gasteiger partial charge in [0.15, 0.2) is 6.61 Å². The fourth-order valence-electron chi connectivity index (χ4n) is 1.50. The third kappa shape index (κ3) is 4.90. The fourth-order valence-corrected chi connectivity index (χ4v) is 1.50. The molecule has 3 amide bonds. The summed E-state index contributed by atoms with van der Waals surface area (Å²) in [5.74, 6) is -1.12. The molecule has 0 aliphatic heterocycles. The van der Waals surface area contributed by atoms with Gasteiger partial charge in [0, 0.05) is 6.04 Å². The van der Waals surface area contributed by atoms with Gasteiger partial charge in [0.25, 0.3) is 5.91 Å². The summed E-state index contributed by atoms with van der Waals surface area (Å²) in [4.78, 5) is 34.6. The summed E-state index contributed by atoms with van der Waals surface area (Å²) in [6, 6.07) is -0.676. The normalized spacial score (nSPS) is 11.6. The van der Waals surface area contributed by atoms with Gasteiger partial charge in [-0.15, -0.1) is 0 Å². The SMILES string of the molecule is CC[C@@H](C)NC(=O)NC(=O)COC(=O)c1c(C)noc1C. The Hall–Kier alpha value is -2.38. The monoisotopic (exact) mass is 297 g/mol. The maximum absolute atomic E-state index is 11.8. The number of esters is 1. The van der Waals surface area contributed by atoms with Crippen LogP contribution in [0.4, 0.5) is 4.79 Å². The smallest absolute Gasteiger partial charge is 0.344 e. The maximum Gasteiger partial charge on any atom is 0.344 e. The number of amides is 3. The summed E-state index contributed by atoms with van der Waals surface area (Å²) in [5.41, 5.74) is 0.569. The lowest BCUT2D eigenvalue weighted by Gasteiger charge is -2.11. The highest BCUT2D eigenvalue weighted by Crippen LogP contribution is 2.13. The van der Waals surface area contributed by atoms with E-state index in [1.165, 1.54) is 0 Å². The number of nitrogens with one attached hydrogen (secondary N) is 2. The van der Waals surface area contributed by atoms with E-state index in [-0.39, 0.29) is 11.6 Å². The predicted octanol–water partition coefficient (Wildman–Crippen LogP) is 1.07. The van der Waals surface area contributed by atoms with Gasteiger partial charge in [-0.1, -0.05) is 12.1 Å². The van der Waals surface area contributed by atoms with Crippen LogP contribution < -0.4 is 10.6 Å². The van der Waals surface area contributed by atoms with Crippen molar-refractivity contribution in [3.05, 3.63) is 17.0 Å². The van der Waals surface area contributed by atoms with E-state index in [0.29, 0.717) is 11.5 Å². The molecular formula is C13H19N3O5. The van der Waals surface area contributed by atoms with E-state index < -0.39 is 24.5 Å². The zero-order valence-electron chi connectivity index (χ0n) is 12.5. The van der Waals surface area contributed by atoms with Gasteiger partial charge in [-0.25, -0.2) is 9.59 Å². The maximum atomic E-state index is 11.8. The van der Waals surface area contributed by atoms with Crippen molar-refractivity contribution in [2.24, 2.45) is 0 Å². The molecule has 0 unspecified atom stereocenters. The van der Waals surface area contributed by atoms with Crippen molar-refractivity contribution in [3.63, 3.8) is 0 Å². The van der Waals surface area contributed by atoms with Crippen LogP contribution in [-0.4, -0.2) is 35.7 Å². The molecule has 1 aromatic heterocycles. The molecule has 0 saturated heterocycles. The second-order valence-corrected chi connectivity index (χ2v) is 4.61. The predicted molar refractivity (Wildman–Crippen MR) is 72.7 cm³/mol. The summed E-state index contributed by atoms with van der Waals surface area (Å²) in [6.07, 6.45) is 0.739. The standard InChI is InChI=1S/C13H19N3O5/c1-5-7(2)14-13(19)15-10(17)6-20-12(18)11-8(3)16-21-9(11)4/h7H,5-6H2,1-4H3,(H2,14,15,17,19)/t7-/m1/s1. The van der Waals surface area contributed by atoms with Crippen LogP contribution in [0.1, 0.15) is 42.1 Å². The van der Waals surface area contributed by atoms with Crippen molar-refractivity contribution in [1.29, 1.82) is 0 Å². The Morgan fingerprint density at radius 2 is 2.00 bits per heavy atom. The van der Waals surface area contributed by atoms with E-state index in [2.05, 4.69) is 15.8 Å². The molecule has 1 atom stereocenters. The summed E-state index contributed by atoms with van der Waals surface area (Å²) >= 11 is 0. The number of aryl methyl sites for hydroxylation is 2. The molecule has 116 valence electrons. The van der Waals surface area contributed by atoms with Gasteiger partial charge in [0.1, 0.15) is 11.3 Å². The minimum Gasteiger partial charge on any atom is -0.452 e. The van der Waals surface area contributed by atoms with Gasteiger partial charge >= 0.3 is 12.0 Å². The minimum atomic E-state index is -0.719. The first-order chi connectivity index (χ1) is 9.85. The third-order valence-corrected chi connectivity index (χ3v) is 2.81. The van der Waals surface area contributed by atoms with Crippen LogP contribution in [0, 0.1) is 13.8 Å². The van der Waals surface area contributed by atoms with Crippen LogP contribution in [0.15, 0.2) is 4.52 Å². The fraction of sp³-hybridized carbons (Fsp3) is 0.538. The van der Waals surface area contributed by atoms with Crippen molar-refractivity contribution in [3.8, 4) is 0 Å². The van der Waals surface area contributed by atoms with Crippen molar-refractivity contribution >= 4 is 17.9 Å². The highest BCUT2D eigenvalue weighted by atomic mass is 16.5. The van der Waals surface area contributed by atoms with E-state index in [4.69, 9.17) is 9.26 Å². The van der Waals surface area contributed by atoms with Gasteiger partial charge in [-0.3, -0.25) is 10.1 Å². The lowest BCUT2D eigenvalue weighted by atomic mass is 10.2. The van der Waals surface area contributed by atoms with Gasteiger partial charge in [0.2, 0.25) is 0 Å². The van der Waals surface area contributed by atoms with Gasteiger partial charge < -0.3 is 14.6 Å². The lowest BCUT2D eigenvalue weighted by molar-refractivity contribution is -0.123. The number of urea groups is 1. The van der Waals surface area contributed by atoms with Crippen LogP contribution in [0.25, 0.3) is 0 Å². The number of hydrogen-bond donors (Lipinski definition) is 2. The van der Waals surface area contributed by atoms with Crippen molar-refractivity contribution in [1.82, 2.24) is 15.8 Å². The molecule has 0 saturated carbocycles. The second-order valence-electron chi connectivity index (χ2n) is 4.61.